The molecule has 0 unspecified atom stereocenters. The van der Waals surface area contributed by atoms with Crippen LogP contribution in [0.15, 0.2) is 59.7 Å². The SMILES string of the molecule is Cc1cccc(/C=N/NC(=O)c2cc3ccccc3n2C)c1. The normalized spacial score (nSPS) is 11.2. The van der Waals surface area contributed by atoms with Crippen LogP contribution in [-0.4, -0.2) is 16.7 Å². The number of para-hydroxylation sites is 1. The van der Waals surface area contributed by atoms with E-state index in [1.807, 2.05) is 73.1 Å². The van der Waals surface area contributed by atoms with E-state index in [9.17, 15) is 4.79 Å². The molecule has 4 nitrogen and oxygen atoms in total. The monoisotopic (exact) mass is 291 g/mol. The number of nitrogens with one attached hydrogen (secondary N) is 1. The fourth-order valence-electron chi connectivity index (χ4n) is 2.48. The van der Waals surface area contributed by atoms with E-state index in [0.717, 1.165) is 22.0 Å². The Hall–Kier alpha value is -2.88. The molecule has 4 heteroatoms. The Morgan fingerprint density at radius 2 is 1.95 bits per heavy atom. The molecule has 22 heavy (non-hydrogen) atoms. The highest BCUT2D eigenvalue weighted by Gasteiger charge is 2.11. The Morgan fingerprint density at radius 3 is 2.73 bits per heavy atom. The number of hydrogen-bond acceptors (Lipinski definition) is 2. The number of carbonyl (C=O) groups is 1. The summed E-state index contributed by atoms with van der Waals surface area (Å²) in [5.41, 5.74) is 6.30. The number of aromatic nitrogens is 1. The smallest absolute Gasteiger partial charge is 0.287 e. The van der Waals surface area contributed by atoms with Crippen molar-refractivity contribution in [1.29, 1.82) is 0 Å². The maximum absolute atomic E-state index is 12.2. The first kappa shape index (κ1) is 14.1. The maximum Gasteiger partial charge on any atom is 0.287 e. The first-order valence-electron chi connectivity index (χ1n) is 7.10. The topological polar surface area (TPSA) is 46.4 Å². The van der Waals surface area contributed by atoms with Crippen LogP contribution >= 0.6 is 0 Å². The zero-order chi connectivity index (χ0) is 15.5. The maximum atomic E-state index is 12.2. The largest absolute Gasteiger partial charge is 0.340 e. The third-order valence-corrected chi connectivity index (χ3v) is 3.61. The molecule has 0 saturated heterocycles. The van der Waals surface area contributed by atoms with Crippen LogP contribution < -0.4 is 5.43 Å². The van der Waals surface area contributed by atoms with E-state index < -0.39 is 0 Å². The van der Waals surface area contributed by atoms with Gasteiger partial charge in [0.25, 0.3) is 5.91 Å². The molecule has 2 aromatic carbocycles. The second-order valence-corrected chi connectivity index (χ2v) is 5.26. The molecule has 0 aliphatic carbocycles. The van der Waals surface area contributed by atoms with Crippen LogP contribution in [-0.2, 0) is 7.05 Å². The van der Waals surface area contributed by atoms with Gasteiger partial charge in [-0.05, 0) is 24.6 Å². The van der Waals surface area contributed by atoms with Gasteiger partial charge < -0.3 is 4.57 Å². The minimum absolute atomic E-state index is 0.220. The molecule has 0 fully saturated rings. The first-order chi connectivity index (χ1) is 10.6. The average molecular weight is 291 g/mol. The lowest BCUT2D eigenvalue weighted by atomic mass is 10.2. The third kappa shape index (κ3) is 2.76. The second-order valence-electron chi connectivity index (χ2n) is 5.26. The summed E-state index contributed by atoms with van der Waals surface area (Å²) < 4.78 is 1.87. The van der Waals surface area contributed by atoms with Crippen molar-refractivity contribution in [3.05, 3.63) is 71.4 Å². The highest BCUT2D eigenvalue weighted by Crippen LogP contribution is 2.18. The molecule has 1 N–H and O–H groups in total. The lowest BCUT2D eigenvalue weighted by Gasteiger charge is -2.02. The molecule has 0 aliphatic heterocycles. The molecule has 1 aromatic heterocycles. The van der Waals surface area contributed by atoms with E-state index in [-0.39, 0.29) is 5.91 Å². The van der Waals surface area contributed by atoms with E-state index in [1.165, 1.54) is 0 Å². The molecule has 0 saturated carbocycles. The van der Waals surface area contributed by atoms with Crippen LogP contribution in [0.25, 0.3) is 10.9 Å². The minimum atomic E-state index is -0.220. The molecule has 1 heterocycles. The van der Waals surface area contributed by atoms with Gasteiger partial charge in [-0.25, -0.2) is 5.43 Å². The summed E-state index contributed by atoms with van der Waals surface area (Å²) in [5.74, 6) is -0.220. The van der Waals surface area contributed by atoms with E-state index in [0.29, 0.717) is 5.69 Å². The number of rotatable bonds is 3. The van der Waals surface area contributed by atoms with Gasteiger partial charge in [0.2, 0.25) is 0 Å². The van der Waals surface area contributed by atoms with Crippen molar-refractivity contribution in [3.8, 4) is 0 Å². The zero-order valence-corrected chi connectivity index (χ0v) is 12.6. The van der Waals surface area contributed by atoms with Crippen LogP contribution in [0.5, 0.6) is 0 Å². The number of fused-ring (bicyclic) bond motifs is 1. The molecule has 3 rings (SSSR count). The summed E-state index contributed by atoms with van der Waals surface area (Å²) in [7, 11) is 1.88. The molecule has 0 spiro atoms. The molecule has 0 aliphatic rings. The number of nitrogens with zero attached hydrogens (tertiary/aromatic N) is 2. The Balaban J connectivity index is 1.77. The first-order valence-corrected chi connectivity index (χ1v) is 7.10. The van der Waals surface area contributed by atoms with Gasteiger partial charge in [-0.3, -0.25) is 4.79 Å². The molecular formula is C18H17N3O. The zero-order valence-electron chi connectivity index (χ0n) is 12.6. The number of amides is 1. The van der Waals surface area contributed by atoms with Crippen LogP contribution in [0.3, 0.4) is 0 Å². The Labute approximate surface area is 129 Å². The predicted octanol–water partition coefficient (Wildman–Crippen LogP) is 3.25. The highest BCUT2D eigenvalue weighted by molar-refractivity contribution is 5.99. The number of hydrogen-bond donors (Lipinski definition) is 1. The van der Waals surface area contributed by atoms with Gasteiger partial charge in [-0.1, -0.05) is 48.0 Å². The summed E-state index contributed by atoms with van der Waals surface area (Å²) in [6.45, 7) is 2.02. The number of carbonyl (C=O) groups excluding carboxylic acids is 1. The molecule has 110 valence electrons. The standard InChI is InChI=1S/C18H17N3O/c1-13-6-5-7-14(10-13)12-19-20-18(22)17-11-15-8-3-4-9-16(15)21(17)2/h3-12H,1-2H3,(H,20,22)/b19-12+. The molecule has 0 atom stereocenters. The fraction of sp³-hybridized carbons (Fsp3) is 0.111. The van der Waals surface area contributed by atoms with Gasteiger partial charge >= 0.3 is 0 Å². The van der Waals surface area contributed by atoms with Gasteiger partial charge in [0, 0.05) is 18.0 Å². The second kappa shape index (κ2) is 5.85. The van der Waals surface area contributed by atoms with Crippen LogP contribution in [0.2, 0.25) is 0 Å². The third-order valence-electron chi connectivity index (χ3n) is 3.61. The van der Waals surface area contributed by atoms with Crippen molar-refractivity contribution in [3.63, 3.8) is 0 Å². The van der Waals surface area contributed by atoms with Crippen molar-refractivity contribution < 1.29 is 4.79 Å². The van der Waals surface area contributed by atoms with Gasteiger partial charge in [0.1, 0.15) is 5.69 Å². The lowest BCUT2D eigenvalue weighted by Crippen LogP contribution is -2.20. The van der Waals surface area contributed by atoms with E-state index in [4.69, 9.17) is 0 Å². The fourth-order valence-corrected chi connectivity index (χ4v) is 2.48. The quantitative estimate of drug-likeness (QED) is 0.584. The Bertz CT molecular complexity index is 862. The molecule has 0 bridgehead atoms. The minimum Gasteiger partial charge on any atom is -0.340 e. The summed E-state index contributed by atoms with van der Waals surface area (Å²) in [5, 5.41) is 5.07. The molecular weight excluding hydrogens is 274 g/mol. The van der Waals surface area contributed by atoms with Gasteiger partial charge in [0.05, 0.1) is 6.21 Å². The molecule has 0 radical (unpaired) electrons. The summed E-state index contributed by atoms with van der Waals surface area (Å²) in [6.07, 6.45) is 1.65. The summed E-state index contributed by atoms with van der Waals surface area (Å²) in [6, 6.07) is 17.7. The van der Waals surface area contributed by atoms with Gasteiger partial charge in [0.15, 0.2) is 0 Å². The van der Waals surface area contributed by atoms with Crippen LogP contribution in [0, 0.1) is 6.92 Å². The average Bonchev–Trinajstić information content (AvgIpc) is 2.85. The summed E-state index contributed by atoms with van der Waals surface area (Å²) in [4.78, 5) is 12.2. The van der Waals surface area contributed by atoms with Gasteiger partial charge in [-0.15, -0.1) is 0 Å². The number of hydrazone groups is 1. The van der Waals surface area contributed by atoms with Crippen molar-refractivity contribution >= 4 is 23.0 Å². The number of aryl methyl sites for hydroxylation is 2. The van der Waals surface area contributed by atoms with Crippen molar-refractivity contribution in [2.75, 3.05) is 0 Å². The van der Waals surface area contributed by atoms with Gasteiger partial charge in [-0.2, -0.15) is 5.10 Å². The predicted molar refractivity (Wildman–Crippen MR) is 89.2 cm³/mol. The molecule has 1 amide bonds. The van der Waals surface area contributed by atoms with Crippen molar-refractivity contribution in [1.82, 2.24) is 9.99 Å². The van der Waals surface area contributed by atoms with Crippen molar-refractivity contribution in [2.24, 2.45) is 12.1 Å². The Kier molecular flexibility index (Phi) is 3.74. The summed E-state index contributed by atoms with van der Waals surface area (Å²) >= 11 is 0. The van der Waals surface area contributed by atoms with Crippen LogP contribution in [0.1, 0.15) is 21.6 Å². The van der Waals surface area contributed by atoms with Crippen molar-refractivity contribution in [2.45, 2.75) is 6.92 Å². The van der Waals surface area contributed by atoms with E-state index in [2.05, 4.69) is 10.5 Å². The Morgan fingerprint density at radius 1 is 1.14 bits per heavy atom. The van der Waals surface area contributed by atoms with E-state index in [1.54, 1.807) is 6.21 Å². The van der Waals surface area contributed by atoms with E-state index >= 15 is 0 Å². The lowest BCUT2D eigenvalue weighted by molar-refractivity contribution is 0.0947. The van der Waals surface area contributed by atoms with Crippen LogP contribution in [0.4, 0.5) is 0 Å². The molecule has 3 aromatic rings. The highest BCUT2D eigenvalue weighted by atomic mass is 16.2. The number of benzene rings is 2.